The molecule has 1 aromatic carbocycles. The summed E-state index contributed by atoms with van der Waals surface area (Å²) in [5.41, 5.74) is 2.02. The van der Waals surface area contributed by atoms with Crippen LogP contribution >= 0.6 is 0 Å². The molecule has 0 amide bonds. The Morgan fingerprint density at radius 1 is 1.20 bits per heavy atom. The van der Waals surface area contributed by atoms with Gasteiger partial charge in [0.05, 0.1) is 28.7 Å². The minimum Gasteiger partial charge on any atom is -0.507 e. The van der Waals surface area contributed by atoms with E-state index in [9.17, 15) is 18.3 Å². The maximum absolute atomic E-state index is 13.0. The van der Waals surface area contributed by atoms with Crippen molar-refractivity contribution < 1.29 is 18.3 Å². The maximum atomic E-state index is 13.0. The van der Waals surface area contributed by atoms with E-state index in [1.807, 2.05) is 19.1 Å². The van der Waals surface area contributed by atoms with E-state index in [4.69, 9.17) is 0 Å². The number of hydrogen-bond acceptors (Lipinski definition) is 5. The number of aromatic nitrogens is 2. The molecular formula is C22H23F3N4O. The summed E-state index contributed by atoms with van der Waals surface area (Å²) in [7, 11) is 2.09. The molecule has 5 nitrogen and oxygen atoms in total. The van der Waals surface area contributed by atoms with Crippen molar-refractivity contribution in [2.24, 2.45) is 0 Å². The quantitative estimate of drug-likeness (QED) is 0.640. The van der Waals surface area contributed by atoms with Gasteiger partial charge in [0, 0.05) is 29.2 Å². The number of pyridine rings is 2. The lowest BCUT2D eigenvalue weighted by Gasteiger charge is -2.31. The van der Waals surface area contributed by atoms with E-state index in [-0.39, 0.29) is 11.6 Å². The fourth-order valence-corrected chi connectivity index (χ4v) is 3.95. The zero-order valence-corrected chi connectivity index (χ0v) is 16.8. The van der Waals surface area contributed by atoms with Crippen molar-refractivity contribution in [3.63, 3.8) is 0 Å². The Labute approximate surface area is 172 Å². The van der Waals surface area contributed by atoms with Crippen molar-refractivity contribution in [2.45, 2.75) is 32.0 Å². The van der Waals surface area contributed by atoms with Crippen LogP contribution in [0.3, 0.4) is 0 Å². The zero-order chi connectivity index (χ0) is 21.5. The Balaban J connectivity index is 1.78. The molecule has 3 aromatic rings. The number of likely N-dealkylation sites (N-methyl/N-ethyl adjacent to an activating group) is 1. The molecule has 0 bridgehead atoms. The number of nitrogens with one attached hydrogen (secondary N) is 1. The smallest absolute Gasteiger partial charge is 0.416 e. The van der Waals surface area contributed by atoms with Gasteiger partial charge in [-0.25, -0.2) is 0 Å². The van der Waals surface area contributed by atoms with Gasteiger partial charge in [-0.15, -0.1) is 0 Å². The number of aromatic hydroxyl groups is 1. The van der Waals surface area contributed by atoms with Gasteiger partial charge in [0.25, 0.3) is 0 Å². The summed E-state index contributed by atoms with van der Waals surface area (Å²) < 4.78 is 38.9. The number of hydrogen-bond donors (Lipinski definition) is 2. The van der Waals surface area contributed by atoms with Crippen LogP contribution in [0.25, 0.3) is 22.2 Å². The summed E-state index contributed by atoms with van der Waals surface area (Å²) in [5, 5.41) is 14.5. The van der Waals surface area contributed by atoms with E-state index in [1.165, 1.54) is 6.07 Å². The number of phenolic OH excluding ortho intramolecular Hbond substituents is 1. The van der Waals surface area contributed by atoms with Gasteiger partial charge >= 0.3 is 6.18 Å². The normalized spacial score (nSPS) is 18.0. The Kier molecular flexibility index (Phi) is 5.27. The molecule has 30 heavy (non-hydrogen) atoms. The molecule has 0 radical (unpaired) electrons. The Bertz CT molecular complexity index is 1080. The number of halogens is 3. The average Bonchev–Trinajstić information content (AvgIpc) is 2.68. The number of likely N-dealkylation sites (tertiary alicyclic amines) is 1. The minimum absolute atomic E-state index is 0.239. The summed E-state index contributed by atoms with van der Waals surface area (Å²) in [6, 6.07) is 6.87. The van der Waals surface area contributed by atoms with Crippen molar-refractivity contribution in [1.29, 1.82) is 0 Å². The van der Waals surface area contributed by atoms with Gasteiger partial charge < -0.3 is 15.3 Å². The van der Waals surface area contributed by atoms with Crippen LogP contribution in [0.5, 0.6) is 5.75 Å². The van der Waals surface area contributed by atoms with Gasteiger partial charge in [0.1, 0.15) is 5.75 Å². The lowest BCUT2D eigenvalue weighted by atomic mass is 10.0. The number of piperidine rings is 1. The number of phenols is 1. The second-order valence-electron chi connectivity index (χ2n) is 7.84. The van der Waals surface area contributed by atoms with Crippen LogP contribution < -0.4 is 5.32 Å². The van der Waals surface area contributed by atoms with Crippen LogP contribution in [-0.2, 0) is 6.18 Å². The lowest BCUT2D eigenvalue weighted by molar-refractivity contribution is -0.137. The molecule has 1 fully saturated rings. The number of fused-ring (bicyclic) bond motifs is 1. The summed E-state index contributed by atoms with van der Waals surface area (Å²) in [5.74, 6) is -0.464. The Hall–Kier alpha value is -2.87. The molecule has 2 N–H and O–H groups in total. The summed E-state index contributed by atoms with van der Waals surface area (Å²) >= 11 is 0. The molecule has 158 valence electrons. The largest absolute Gasteiger partial charge is 0.507 e. The maximum Gasteiger partial charge on any atom is 0.416 e. The van der Waals surface area contributed by atoms with E-state index in [0.717, 1.165) is 49.4 Å². The van der Waals surface area contributed by atoms with E-state index < -0.39 is 17.5 Å². The molecule has 3 heterocycles. The van der Waals surface area contributed by atoms with Gasteiger partial charge in [-0.05, 0) is 63.7 Å². The van der Waals surface area contributed by atoms with Gasteiger partial charge in [-0.2, -0.15) is 13.2 Å². The van der Waals surface area contributed by atoms with Crippen LogP contribution in [0, 0.1) is 6.92 Å². The molecule has 1 saturated heterocycles. The molecule has 2 aromatic heterocycles. The van der Waals surface area contributed by atoms with Gasteiger partial charge in [0.15, 0.2) is 0 Å². The van der Waals surface area contributed by atoms with Crippen LogP contribution in [0.2, 0.25) is 0 Å². The number of anilines is 1. The van der Waals surface area contributed by atoms with Crippen molar-refractivity contribution >= 4 is 16.6 Å². The number of aryl methyl sites for hydroxylation is 1. The van der Waals surface area contributed by atoms with Crippen LogP contribution in [-0.4, -0.2) is 46.2 Å². The first kappa shape index (κ1) is 20.4. The Morgan fingerprint density at radius 2 is 2.00 bits per heavy atom. The van der Waals surface area contributed by atoms with Crippen molar-refractivity contribution in [3.8, 4) is 17.0 Å². The average molecular weight is 416 g/mol. The second kappa shape index (κ2) is 7.75. The lowest BCUT2D eigenvalue weighted by Crippen LogP contribution is -2.39. The van der Waals surface area contributed by atoms with E-state index in [2.05, 4.69) is 27.2 Å². The van der Waals surface area contributed by atoms with Gasteiger partial charge in [-0.3, -0.25) is 9.97 Å². The standard InChI is InChI=1S/C22H23F3N4O/c1-13-5-7-17-20(16-8-6-14(10-19(16)30)22(23,24)25)26-11-18(21(17)27-13)28-15-4-3-9-29(2)12-15/h5-8,10-11,15,28,30H,3-4,9,12H2,1-2H3/t15-/m1/s1. The molecule has 4 rings (SSSR count). The first-order valence-electron chi connectivity index (χ1n) is 9.84. The topological polar surface area (TPSA) is 61.3 Å². The SMILES string of the molecule is Cc1ccc2c(-c3ccc(C(F)(F)F)cc3O)ncc(N[C@@H]3CCCN(C)C3)c2n1. The fraction of sp³-hybridized carbons (Fsp3) is 0.364. The molecule has 0 saturated carbocycles. The molecule has 0 aliphatic carbocycles. The molecule has 1 aliphatic rings. The predicted octanol–water partition coefficient (Wildman–Crippen LogP) is 4.84. The third-order valence-electron chi connectivity index (χ3n) is 5.43. The monoisotopic (exact) mass is 416 g/mol. The van der Waals surface area contributed by atoms with Crippen LogP contribution in [0.1, 0.15) is 24.1 Å². The first-order chi connectivity index (χ1) is 14.2. The summed E-state index contributed by atoms with van der Waals surface area (Å²) in [6.45, 7) is 3.86. The molecule has 0 unspecified atom stereocenters. The third-order valence-corrected chi connectivity index (χ3v) is 5.43. The predicted molar refractivity (Wildman–Crippen MR) is 111 cm³/mol. The molecule has 1 atom stereocenters. The third kappa shape index (κ3) is 4.05. The molecule has 8 heteroatoms. The van der Waals surface area contributed by atoms with E-state index >= 15 is 0 Å². The Morgan fingerprint density at radius 3 is 2.70 bits per heavy atom. The van der Waals surface area contributed by atoms with E-state index in [0.29, 0.717) is 16.6 Å². The van der Waals surface area contributed by atoms with Crippen LogP contribution in [0.4, 0.5) is 18.9 Å². The zero-order valence-electron chi connectivity index (χ0n) is 16.8. The van der Waals surface area contributed by atoms with E-state index in [1.54, 1.807) is 6.20 Å². The van der Waals surface area contributed by atoms with Crippen molar-refractivity contribution in [1.82, 2.24) is 14.9 Å². The fourth-order valence-electron chi connectivity index (χ4n) is 3.95. The van der Waals surface area contributed by atoms with Crippen molar-refractivity contribution in [3.05, 3.63) is 47.8 Å². The minimum atomic E-state index is -4.52. The number of alkyl halides is 3. The summed E-state index contributed by atoms with van der Waals surface area (Å²) in [6.07, 6.45) is -0.733. The molecule has 0 spiro atoms. The van der Waals surface area contributed by atoms with Crippen LogP contribution in [0.15, 0.2) is 36.5 Å². The van der Waals surface area contributed by atoms with Gasteiger partial charge in [-0.1, -0.05) is 0 Å². The van der Waals surface area contributed by atoms with Gasteiger partial charge in [0.2, 0.25) is 0 Å². The molecular weight excluding hydrogens is 393 g/mol. The number of rotatable bonds is 3. The summed E-state index contributed by atoms with van der Waals surface area (Å²) in [4.78, 5) is 11.4. The highest BCUT2D eigenvalue weighted by molar-refractivity contribution is 6.00. The number of nitrogens with zero attached hydrogens (tertiary/aromatic N) is 3. The molecule has 1 aliphatic heterocycles. The highest BCUT2D eigenvalue weighted by atomic mass is 19.4. The van der Waals surface area contributed by atoms with Crippen molar-refractivity contribution in [2.75, 3.05) is 25.5 Å². The number of benzene rings is 1. The first-order valence-corrected chi connectivity index (χ1v) is 9.84. The highest BCUT2D eigenvalue weighted by Crippen LogP contribution is 2.39. The highest BCUT2D eigenvalue weighted by Gasteiger charge is 2.31. The second-order valence-corrected chi connectivity index (χ2v) is 7.84.